The van der Waals surface area contributed by atoms with Crippen LogP contribution >= 0.6 is 0 Å². The minimum absolute atomic E-state index is 0.409. The molecule has 0 spiro atoms. The zero-order valence-electron chi connectivity index (χ0n) is 6.68. The summed E-state index contributed by atoms with van der Waals surface area (Å²) in [6, 6.07) is 10.1. The van der Waals surface area contributed by atoms with Crippen molar-refractivity contribution in [3.63, 3.8) is 0 Å². The Kier molecular flexibility index (Phi) is 1.66. The van der Waals surface area contributed by atoms with Crippen LogP contribution in [0.5, 0.6) is 0 Å². The minimum atomic E-state index is -0.409. The van der Waals surface area contributed by atoms with Gasteiger partial charge in [-0.05, 0) is 12.1 Å². The van der Waals surface area contributed by atoms with Crippen molar-refractivity contribution in [2.75, 3.05) is 0 Å². The van der Waals surface area contributed by atoms with Crippen LogP contribution in [-0.4, -0.2) is 4.68 Å². The van der Waals surface area contributed by atoms with Gasteiger partial charge in [0, 0.05) is 11.5 Å². The minimum Gasteiger partial charge on any atom is -0.267 e. The molecule has 0 radical (unpaired) electrons. The molecule has 64 valence electrons. The summed E-state index contributed by atoms with van der Waals surface area (Å²) in [6.45, 7) is 0. The fourth-order valence-electron chi connectivity index (χ4n) is 1.26. The topological polar surface area (TPSA) is 51.4 Å². The van der Waals surface area contributed by atoms with Gasteiger partial charge in [-0.3, -0.25) is 4.79 Å². The highest BCUT2D eigenvalue weighted by Gasteiger charge is 2.00. The number of para-hydroxylation sites is 1. The van der Waals surface area contributed by atoms with Crippen LogP contribution in [0, 0.1) is 4.91 Å². The Morgan fingerprint density at radius 3 is 2.62 bits per heavy atom. The zero-order valence-corrected chi connectivity index (χ0v) is 6.68. The van der Waals surface area contributed by atoms with E-state index in [1.54, 1.807) is 18.2 Å². The number of benzene rings is 1. The first kappa shape index (κ1) is 7.67. The van der Waals surface area contributed by atoms with Gasteiger partial charge in [0.1, 0.15) is 0 Å². The highest BCUT2D eigenvalue weighted by molar-refractivity contribution is 5.78. The highest BCUT2D eigenvalue weighted by Crippen LogP contribution is 2.09. The van der Waals surface area contributed by atoms with Crippen LogP contribution in [0.15, 0.2) is 46.5 Å². The summed E-state index contributed by atoms with van der Waals surface area (Å²) >= 11 is 0. The summed E-state index contributed by atoms with van der Waals surface area (Å²) in [5.74, 6) is 0. The van der Waals surface area contributed by atoms with Gasteiger partial charge in [0.15, 0.2) is 0 Å². The first-order chi connectivity index (χ1) is 6.33. The number of nitroso groups, excluding NO2 is 1. The fraction of sp³-hybridized carbons (Fsp3) is 0. The molecule has 0 aliphatic heterocycles. The second kappa shape index (κ2) is 2.82. The fourth-order valence-corrected chi connectivity index (χ4v) is 1.26. The number of hydrogen-bond donors (Lipinski definition) is 0. The first-order valence-corrected chi connectivity index (χ1v) is 3.77. The van der Waals surface area contributed by atoms with E-state index in [1.807, 2.05) is 12.1 Å². The van der Waals surface area contributed by atoms with Crippen LogP contribution in [-0.2, 0) is 0 Å². The van der Waals surface area contributed by atoms with Crippen LogP contribution in [0.1, 0.15) is 0 Å². The van der Waals surface area contributed by atoms with E-state index in [1.165, 1.54) is 6.07 Å². The normalized spacial score (nSPS) is 10.2. The van der Waals surface area contributed by atoms with Gasteiger partial charge in [0.25, 0.3) is 5.56 Å². The Hall–Kier alpha value is -1.97. The van der Waals surface area contributed by atoms with Crippen molar-refractivity contribution >= 4 is 10.9 Å². The van der Waals surface area contributed by atoms with Crippen LogP contribution < -0.4 is 5.56 Å². The van der Waals surface area contributed by atoms with Crippen LogP contribution in [0.25, 0.3) is 10.9 Å². The molecule has 4 heteroatoms. The van der Waals surface area contributed by atoms with Gasteiger partial charge in [0.2, 0.25) is 0 Å². The number of aromatic nitrogens is 1. The summed E-state index contributed by atoms with van der Waals surface area (Å²) in [4.78, 5) is 21.5. The largest absolute Gasteiger partial charge is 0.274 e. The molecule has 0 fully saturated rings. The third kappa shape index (κ3) is 1.12. The molecule has 13 heavy (non-hydrogen) atoms. The van der Waals surface area contributed by atoms with Crippen molar-refractivity contribution in [1.29, 1.82) is 0 Å². The Morgan fingerprint density at radius 1 is 1.08 bits per heavy atom. The lowest BCUT2D eigenvalue weighted by molar-refractivity contribution is 0.859. The third-order valence-corrected chi connectivity index (χ3v) is 1.86. The van der Waals surface area contributed by atoms with E-state index in [4.69, 9.17) is 0 Å². The molecule has 1 heterocycles. The molecule has 0 N–H and O–H groups in total. The molecule has 2 rings (SSSR count). The van der Waals surface area contributed by atoms with Crippen LogP contribution in [0.3, 0.4) is 0 Å². The van der Waals surface area contributed by atoms with Crippen LogP contribution in [0.4, 0.5) is 0 Å². The lowest BCUT2D eigenvalue weighted by Gasteiger charge is -1.99. The SMILES string of the molecule is O=Nn1c(=O)ccc2ccccc21. The van der Waals surface area contributed by atoms with E-state index in [9.17, 15) is 9.70 Å². The molecular weight excluding hydrogens is 168 g/mol. The summed E-state index contributed by atoms with van der Waals surface area (Å²) in [7, 11) is 0. The molecule has 0 saturated heterocycles. The Morgan fingerprint density at radius 2 is 1.85 bits per heavy atom. The maximum Gasteiger partial charge on any atom is 0.274 e. The smallest absolute Gasteiger partial charge is 0.267 e. The van der Waals surface area contributed by atoms with Crippen molar-refractivity contribution in [3.8, 4) is 0 Å². The molecule has 0 unspecified atom stereocenters. The second-order valence-corrected chi connectivity index (χ2v) is 2.62. The monoisotopic (exact) mass is 174 g/mol. The number of nitrogens with zero attached hydrogens (tertiary/aromatic N) is 2. The predicted octanol–water partition coefficient (Wildman–Crippen LogP) is 1.53. The second-order valence-electron chi connectivity index (χ2n) is 2.62. The van der Waals surface area contributed by atoms with E-state index >= 15 is 0 Å². The number of fused-ring (bicyclic) bond motifs is 1. The highest BCUT2D eigenvalue weighted by atomic mass is 16.3. The molecule has 0 bridgehead atoms. The van der Waals surface area contributed by atoms with Gasteiger partial charge in [0.05, 0.1) is 10.8 Å². The molecule has 2 aromatic rings. The van der Waals surface area contributed by atoms with Gasteiger partial charge >= 0.3 is 0 Å². The lowest BCUT2D eigenvalue weighted by atomic mass is 10.2. The molecular formula is C9H6N2O2. The lowest BCUT2D eigenvalue weighted by Crippen LogP contribution is -2.13. The Labute approximate surface area is 73.4 Å². The molecule has 4 nitrogen and oxygen atoms in total. The summed E-state index contributed by atoms with van der Waals surface area (Å²) < 4.78 is 0.843. The predicted molar refractivity (Wildman–Crippen MR) is 49.4 cm³/mol. The first-order valence-electron chi connectivity index (χ1n) is 3.77. The number of rotatable bonds is 1. The van der Waals surface area contributed by atoms with Gasteiger partial charge in [-0.25, -0.2) is 0 Å². The number of pyridine rings is 1. The van der Waals surface area contributed by atoms with Crippen molar-refractivity contribution in [1.82, 2.24) is 4.68 Å². The van der Waals surface area contributed by atoms with E-state index in [2.05, 4.69) is 5.29 Å². The summed E-state index contributed by atoms with van der Waals surface area (Å²) in [5, 5.41) is 3.47. The van der Waals surface area contributed by atoms with Gasteiger partial charge in [-0.1, -0.05) is 18.2 Å². The molecule has 1 aromatic carbocycles. The average Bonchev–Trinajstić information content (AvgIpc) is 2.18. The van der Waals surface area contributed by atoms with Gasteiger partial charge in [-0.2, -0.15) is 4.68 Å². The molecule has 1 aromatic heterocycles. The van der Waals surface area contributed by atoms with Crippen LogP contribution in [0.2, 0.25) is 0 Å². The zero-order chi connectivity index (χ0) is 9.26. The van der Waals surface area contributed by atoms with E-state index in [-0.39, 0.29) is 0 Å². The quantitative estimate of drug-likeness (QED) is 0.615. The van der Waals surface area contributed by atoms with E-state index < -0.39 is 5.56 Å². The maximum atomic E-state index is 11.1. The molecule has 0 saturated carbocycles. The average molecular weight is 174 g/mol. The van der Waals surface area contributed by atoms with E-state index in [0.717, 1.165) is 10.1 Å². The molecule has 0 aliphatic carbocycles. The van der Waals surface area contributed by atoms with Gasteiger partial charge in [-0.15, -0.1) is 4.91 Å². The van der Waals surface area contributed by atoms with Crippen molar-refractivity contribution < 1.29 is 0 Å². The van der Waals surface area contributed by atoms with Crippen molar-refractivity contribution in [3.05, 3.63) is 51.7 Å². The van der Waals surface area contributed by atoms with Crippen molar-refractivity contribution in [2.24, 2.45) is 5.29 Å². The Balaban J connectivity index is 3.00. The summed E-state index contributed by atoms with van der Waals surface area (Å²) in [6.07, 6.45) is 0. The van der Waals surface area contributed by atoms with E-state index in [0.29, 0.717) is 5.52 Å². The maximum absolute atomic E-state index is 11.1. The standard InChI is InChI=1S/C9H6N2O2/c12-9-6-5-7-3-1-2-4-8(7)11(9)10-13/h1-6H. The molecule has 0 atom stereocenters. The van der Waals surface area contributed by atoms with Gasteiger partial charge < -0.3 is 0 Å². The third-order valence-electron chi connectivity index (χ3n) is 1.86. The summed E-state index contributed by atoms with van der Waals surface area (Å²) in [5.41, 5.74) is 0.124. The Bertz CT molecular complexity index is 516. The molecule has 0 aliphatic rings. The molecule has 0 amide bonds. The van der Waals surface area contributed by atoms with Crippen molar-refractivity contribution in [2.45, 2.75) is 0 Å². The number of hydrogen-bond acceptors (Lipinski definition) is 3.